The van der Waals surface area contributed by atoms with Gasteiger partial charge in [0.2, 0.25) is 0 Å². The molecule has 0 bridgehead atoms. The highest BCUT2D eigenvalue weighted by Gasteiger charge is 2.35. The molecule has 0 aliphatic carbocycles. The van der Waals surface area contributed by atoms with Gasteiger partial charge in [-0.3, -0.25) is 4.90 Å². The van der Waals surface area contributed by atoms with E-state index in [4.69, 9.17) is 0 Å². The minimum atomic E-state index is -0.361. The molecule has 1 fully saturated rings. The SMILES string of the molecule is CCC(c1ccc[nH]1)N1CCN(c2ccc(Br)c(F)c2)C1=O. The number of nitrogens with zero attached hydrogens (tertiary/aromatic N) is 2. The molecule has 2 aromatic rings. The lowest BCUT2D eigenvalue weighted by atomic mass is 10.1. The fourth-order valence-electron chi connectivity index (χ4n) is 2.90. The minimum Gasteiger partial charge on any atom is -0.363 e. The predicted octanol–water partition coefficient (Wildman–Crippen LogP) is 4.31. The number of hydrogen-bond donors (Lipinski definition) is 1. The van der Waals surface area contributed by atoms with Crippen molar-refractivity contribution in [3.8, 4) is 0 Å². The van der Waals surface area contributed by atoms with Crippen molar-refractivity contribution >= 4 is 27.6 Å². The molecule has 0 spiro atoms. The van der Waals surface area contributed by atoms with E-state index in [0.717, 1.165) is 12.1 Å². The van der Waals surface area contributed by atoms with Crippen LogP contribution in [0.2, 0.25) is 0 Å². The van der Waals surface area contributed by atoms with Gasteiger partial charge in [0.15, 0.2) is 0 Å². The summed E-state index contributed by atoms with van der Waals surface area (Å²) in [5.74, 6) is -0.361. The van der Waals surface area contributed by atoms with E-state index in [9.17, 15) is 9.18 Å². The Bertz CT molecular complexity index is 674. The summed E-state index contributed by atoms with van der Waals surface area (Å²) in [6, 6.07) is 8.63. The molecule has 4 nitrogen and oxygen atoms in total. The Kier molecular flexibility index (Phi) is 4.20. The lowest BCUT2D eigenvalue weighted by Crippen LogP contribution is -2.34. The normalized spacial score (nSPS) is 16.4. The molecule has 1 saturated heterocycles. The van der Waals surface area contributed by atoms with Crippen LogP contribution in [0.3, 0.4) is 0 Å². The zero-order valence-electron chi connectivity index (χ0n) is 12.2. The molecule has 2 heterocycles. The lowest BCUT2D eigenvalue weighted by molar-refractivity contribution is 0.198. The number of amides is 2. The Hall–Kier alpha value is -1.82. The number of carbonyl (C=O) groups excluding carboxylic acids is 1. The highest BCUT2D eigenvalue weighted by Crippen LogP contribution is 2.30. The van der Waals surface area contributed by atoms with Gasteiger partial charge in [0.1, 0.15) is 5.82 Å². The average molecular weight is 366 g/mol. The monoisotopic (exact) mass is 365 g/mol. The topological polar surface area (TPSA) is 39.3 Å². The van der Waals surface area contributed by atoms with Crippen LogP contribution >= 0.6 is 15.9 Å². The summed E-state index contributed by atoms with van der Waals surface area (Å²) in [6.45, 7) is 3.26. The number of rotatable bonds is 4. The van der Waals surface area contributed by atoms with E-state index in [1.54, 1.807) is 17.0 Å². The first-order valence-electron chi connectivity index (χ1n) is 7.28. The fourth-order valence-corrected chi connectivity index (χ4v) is 3.14. The van der Waals surface area contributed by atoms with Crippen LogP contribution in [0.4, 0.5) is 14.9 Å². The molecule has 1 aromatic carbocycles. The second-order valence-electron chi connectivity index (χ2n) is 5.28. The number of urea groups is 1. The Balaban J connectivity index is 1.83. The number of hydrogen-bond acceptors (Lipinski definition) is 1. The van der Waals surface area contributed by atoms with Gasteiger partial charge in [0, 0.05) is 30.7 Å². The van der Waals surface area contributed by atoms with Crippen LogP contribution in [0.5, 0.6) is 0 Å². The molecule has 2 amide bonds. The van der Waals surface area contributed by atoms with E-state index in [1.807, 2.05) is 23.2 Å². The molecular formula is C16H17BrFN3O. The summed E-state index contributed by atoms with van der Waals surface area (Å²) < 4.78 is 14.1. The van der Waals surface area contributed by atoms with Crippen LogP contribution in [0, 0.1) is 5.82 Å². The zero-order chi connectivity index (χ0) is 15.7. The van der Waals surface area contributed by atoms with E-state index in [-0.39, 0.29) is 17.9 Å². The van der Waals surface area contributed by atoms with Crippen LogP contribution in [0.1, 0.15) is 25.1 Å². The Labute approximate surface area is 137 Å². The summed E-state index contributed by atoms with van der Waals surface area (Å²) in [6.07, 6.45) is 2.69. The van der Waals surface area contributed by atoms with Gasteiger partial charge in [-0.15, -0.1) is 0 Å². The quantitative estimate of drug-likeness (QED) is 0.861. The summed E-state index contributed by atoms with van der Waals surface area (Å²) in [4.78, 5) is 19.3. The minimum absolute atomic E-state index is 0.0211. The predicted molar refractivity (Wildman–Crippen MR) is 87.4 cm³/mol. The highest BCUT2D eigenvalue weighted by molar-refractivity contribution is 9.10. The number of aromatic nitrogens is 1. The summed E-state index contributed by atoms with van der Waals surface area (Å²) in [7, 11) is 0. The molecule has 22 heavy (non-hydrogen) atoms. The second kappa shape index (κ2) is 6.12. The van der Waals surface area contributed by atoms with Gasteiger partial charge in [0.25, 0.3) is 0 Å². The van der Waals surface area contributed by atoms with Gasteiger partial charge in [0.05, 0.1) is 10.5 Å². The molecule has 1 aromatic heterocycles. The van der Waals surface area contributed by atoms with Crippen molar-refractivity contribution in [2.45, 2.75) is 19.4 Å². The van der Waals surface area contributed by atoms with Crippen molar-refractivity contribution in [3.63, 3.8) is 0 Å². The van der Waals surface area contributed by atoms with Crippen molar-refractivity contribution in [3.05, 3.63) is 52.5 Å². The van der Waals surface area contributed by atoms with Crippen molar-refractivity contribution in [2.24, 2.45) is 0 Å². The maximum Gasteiger partial charge on any atom is 0.325 e. The molecular weight excluding hydrogens is 349 g/mol. The maximum atomic E-state index is 13.7. The molecule has 116 valence electrons. The standard InChI is InChI=1S/C16H17BrFN3O/c1-2-15(14-4-3-7-19-14)21-9-8-20(16(21)22)11-5-6-12(17)13(18)10-11/h3-7,10,15,19H,2,8-9H2,1H3. The molecule has 1 atom stereocenters. The van der Waals surface area contributed by atoms with Gasteiger partial charge in [-0.2, -0.15) is 0 Å². The van der Waals surface area contributed by atoms with E-state index in [0.29, 0.717) is 23.2 Å². The number of anilines is 1. The largest absolute Gasteiger partial charge is 0.363 e. The van der Waals surface area contributed by atoms with Gasteiger partial charge in [-0.25, -0.2) is 9.18 Å². The maximum absolute atomic E-state index is 13.7. The van der Waals surface area contributed by atoms with Crippen LogP contribution < -0.4 is 4.90 Å². The van der Waals surface area contributed by atoms with Crippen molar-refractivity contribution in [1.29, 1.82) is 0 Å². The van der Waals surface area contributed by atoms with Crippen LogP contribution in [-0.2, 0) is 0 Å². The van der Waals surface area contributed by atoms with E-state index >= 15 is 0 Å². The molecule has 1 N–H and O–H groups in total. The first kappa shape index (κ1) is 15.1. The van der Waals surface area contributed by atoms with Gasteiger partial charge in [-0.1, -0.05) is 6.92 Å². The molecule has 1 aliphatic heterocycles. The van der Waals surface area contributed by atoms with Crippen molar-refractivity contribution in [1.82, 2.24) is 9.88 Å². The van der Waals surface area contributed by atoms with Crippen molar-refractivity contribution < 1.29 is 9.18 Å². The van der Waals surface area contributed by atoms with Crippen LogP contribution in [0.25, 0.3) is 0 Å². The number of carbonyl (C=O) groups is 1. The first-order chi connectivity index (χ1) is 10.6. The van der Waals surface area contributed by atoms with Crippen LogP contribution in [0.15, 0.2) is 41.0 Å². The molecule has 1 aliphatic rings. The van der Waals surface area contributed by atoms with Gasteiger partial charge >= 0.3 is 6.03 Å². The lowest BCUT2D eigenvalue weighted by Gasteiger charge is -2.26. The van der Waals surface area contributed by atoms with E-state index < -0.39 is 0 Å². The van der Waals surface area contributed by atoms with E-state index in [1.165, 1.54) is 6.07 Å². The number of benzene rings is 1. The van der Waals surface area contributed by atoms with Gasteiger partial charge in [-0.05, 0) is 52.7 Å². The second-order valence-corrected chi connectivity index (χ2v) is 6.13. The molecule has 0 saturated carbocycles. The van der Waals surface area contributed by atoms with Crippen LogP contribution in [-0.4, -0.2) is 29.0 Å². The zero-order valence-corrected chi connectivity index (χ0v) is 13.8. The molecule has 1 unspecified atom stereocenters. The molecule has 3 rings (SSSR count). The Morgan fingerprint density at radius 2 is 2.18 bits per heavy atom. The average Bonchev–Trinajstić information content (AvgIpc) is 3.15. The third-order valence-corrected chi connectivity index (χ3v) is 4.64. The fraction of sp³-hybridized carbons (Fsp3) is 0.312. The summed E-state index contributed by atoms with van der Waals surface area (Å²) in [5.41, 5.74) is 1.62. The number of halogens is 2. The number of aromatic amines is 1. The van der Waals surface area contributed by atoms with E-state index in [2.05, 4.69) is 27.8 Å². The summed E-state index contributed by atoms with van der Waals surface area (Å²) >= 11 is 3.13. The number of nitrogens with one attached hydrogen (secondary N) is 1. The third kappa shape index (κ3) is 2.63. The Morgan fingerprint density at radius 3 is 2.82 bits per heavy atom. The first-order valence-corrected chi connectivity index (χ1v) is 8.07. The Morgan fingerprint density at radius 1 is 1.36 bits per heavy atom. The third-order valence-electron chi connectivity index (χ3n) is 4.00. The van der Waals surface area contributed by atoms with Gasteiger partial charge < -0.3 is 9.88 Å². The molecule has 6 heteroatoms. The molecule has 0 radical (unpaired) electrons. The number of H-pyrrole nitrogens is 1. The highest BCUT2D eigenvalue weighted by atomic mass is 79.9. The van der Waals surface area contributed by atoms with Crippen molar-refractivity contribution in [2.75, 3.05) is 18.0 Å². The summed E-state index contributed by atoms with van der Waals surface area (Å²) in [5, 5.41) is 0. The smallest absolute Gasteiger partial charge is 0.325 e.